The molecule has 2 N–H and O–H groups in total. The molecule has 0 aromatic rings. The molecule has 0 amide bonds. The standard InChI is InChI=1S/C3H9N.C3H8O.C2H7N.C2H6O.C2H6/c2*1-3-4-2;2*1-3-2;1-2/h4H,3H2,1-2H3;3H2,1-2H3;3H,1-2H3;1-2H3;1-2H3. The zero-order valence-corrected chi connectivity index (χ0v) is 13.2. The minimum Gasteiger partial charge on any atom is -0.388 e. The maximum Gasteiger partial charge on any atom is 0.0433 e. The zero-order valence-electron chi connectivity index (χ0n) is 13.2. The fraction of sp³-hybridized carbons (Fsp3) is 1.00. The molecule has 0 aliphatic heterocycles. The first-order valence-corrected chi connectivity index (χ1v) is 5.78. The van der Waals surface area contributed by atoms with Crippen molar-refractivity contribution in [2.24, 2.45) is 0 Å². The van der Waals surface area contributed by atoms with Gasteiger partial charge in [0.05, 0.1) is 0 Å². The van der Waals surface area contributed by atoms with Gasteiger partial charge in [0.15, 0.2) is 0 Å². The molecule has 4 nitrogen and oxygen atoms in total. The largest absolute Gasteiger partial charge is 0.388 e. The third-order valence-electron chi connectivity index (χ3n) is 0.642. The Morgan fingerprint density at radius 2 is 1.00 bits per heavy atom. The lowest BCUT2D eigenvalue weighted by molar-refractivity contribution is 0.215. The second-order valence-electron chi connectivity index (χ2n) is 2.19. The van der Waals surface area contributed by atoms with Crippen LogP contribution in [0.2, 0.25) is 0 Å². The van der Waals surface area contributed by atoms with Crippen molar-refractivity contribution in [3.63, 3.8) is 0 Å². The Labute approximate surface area is 104 Å². The summed E-state index contributed by atoms with van der Waals surface area (Å²) >= 11 is 0. The molecule has 0 aliphatic carbocycles. The molecule has 106 valence electrons. The Balaban J connectivity index is -0.0000000322. The van der Waals surface area contributed by atoms with E-state index in [-0.39, 0.29) is 0 Å². The second-order valence-corrected chi connectivity index (χ2v) is 2.19. The van der Waals surface area contributed by atoms with E-state index in [1.807, 2.05) is 41.9 Å². The van der Waals surface area contributed by atoms with Crippen molar-refractivity contribution < 1.29 is 9.47 Å². The molecule has 0 aromatic heterocycles. The van der Waals surface area contributed by atoms with E-state index in [0.717, 1.165) is 13.2 Å². The molecular weight excluding hydrogens is 204 g/mol. The highest BCUT2D eigenvalue weighted by molar-refractivity contribution is 4.15. The summed E-state index contributed by atoms with van der Waals surface area (Å²) in [5.41, 5.74) is 0. The number of rotatable bonds is 2. The van der Waals surface area contributed by atoms with Gasteiger partial charge in [0, 0.05) is 27.9 Å². The van der Waals surface area contributed by atoms with Crippen LogP contribution in [0.15, 0.2) is 0 Å². The van der Waals surface area contributed by atoms with Gasteiger partial charge in [-0.15, -0.1) is 0 Å². The molecule has 4 heteroatoms. The van der Waals surface area contributed by atoms with E-state index >= 15 is 0 Å². The SMILES string of the molecule is CC.CCNC.CCOC.CNC.COC. The van der Waals surface area contributed by atoms with Crippen molar-refractivity contribution in [3.8, 4) is 0 Å². The summed E-state index contributed by atoms with van der Waals surface area (Å²) < 4.78 is 8.79. The smallest absolute Gasteiger partial charge is 0.0433 e. The molecule has 16 heavy (non-hydrogen) atoms. The van der Waals surface area contributed by atoms with Crippen LogP contribution in [0.4, 0.5) is 0 Å². The van der Waals surface area contributed by atoms with Gasteiger partial charge < -0.3 is 20.1 Å². The minimum atomic E-state index is 0.819. The Kier molecular flexibility index (Phi) is 155. The Bertz CT molecular complexity index is 38.0. The molecule has 0 saturated heterocycles. The highest BCUT2D eigenvalue weighted by atomic mass is 16.5. The molecule has 0 radical (unpaired) electrons. The van der Waals surface area contributed by atoms with Crippen molar-refractivity contribution in [3.05, 3.63) is 0 Å². The molecule has 0 saturated carbocycles. The van der Waals surface area contributed by atoms with E-state index in [0.29, 0.717) is 0 Å². The number of hydrogen-bond acceptors (Lipinski definition) is 4. The third kappa shape index (κ3) is 674. The molecule has 0 spiro atoms. The average molecular weight is 240 g/mol. The van der Waals surface area contributed by atoms with Crippen LogP contribution < -0.4 is 10.6 Å². The van der Waals surface area contributed by atoms with E-state index in [1.165, 1.54) is 0 Å². The van der Waals surface area contributed by atoms with Crippen LogP contribution in [0.3, 0.4) is 0 Å². The predicted molar refractivity (Wildman–Crippen MR) is 76.4 cm³/mol. The number of ether oxygens (including phenoxy) is 2. The van der Waals surface area contributed by atoms with Gasteiger partial charge in [-0.1, -0.05) is 20.8 Å². The normalized spacial score (nSPS) is 6.38. The van der Waals surface area contributed by atoms with E-state index < -0.39 is 0 Å². The summed E-state index contributed by atoms with van der Waals surface area (Å²) in [5.74, 6) is 0. The second kappa shape index (κ2) is 83.3. The first-order chi connectivity index (χ1) is 7.66. The summed E-state index contributed by atoms with van der Waals surface area (Å²) in [5, 5.41) is 5.68. The van der Waals surface area contributed by atoms with Gasteiger partial charge in [0.1, 0.15) is 0 Å². The lowest BCUT2D eigenvalue weighted by atomic mass is 10.8. The van der Waals surface area contributed by atoms with Crippen LogP contribution in [0.1, 0.15) is 27.7 Å². The van der Waals surface area contributed by atoms with E-state index in [1.54, 1.807) is 21.3 Å². The fourth-order valence-electron chi connectivity index (χ4n) is 0. The Hall–Kier alpha value is -0.160. The summed E-state index contributed by atoms with van der Waals surface area (Å²) in [6, 6.07) is 0. The van der Waals surface area contributed by atoms with Gasteiger partial charge in [0.25, 0.3) is 0 Å². The van der Waals surface area contributed by atoms with Gasteiger partial charge >= 0.3 is 0 Å². The first-order valence-electron chi connectivity index (χ1n) is 5.78. The van der Waals surface area contributed by atoms with Gasteiger partial charge in [-0.2, -0.15) is 0 Å². The average Bonchev–Trinajstić information content (AvgIpc) is 2.33. The molecule has 0 bridgehead atoms. The molecule has 0 atom stereocenters. The Morgan fingerprint density at radius 1 is 0.875 bits per heavy atom. The number of nitrogens with one attached hydrogen (secondary N) is 2. The molecule has 0 rings (SSSR count). The zero-order chi connectivity index (χ0) is 14.2. The van der Waals surface area contributed by atoms with Crippen LogP contribution in [-0.2, 0) is 9.47 Å². The quantitative estimate of drug-likeness (QED) is 0.775. The van der Waals surface area contributed by atoms with E-state index in [2.05, 4.69) is 27.0 Å². The van der Waals surface area contributed by atoms with Crippen molar-refractivity contribution in [1.29, 1.82) is 0 Å². The van der Waals surface area contributed by atoms with Crippen LogP contribution in [0, 0.1) is 0 Å². The summed E-state index contributed by atoms with van der Waals surface area (Å²) in [6.07, 6.45) is 0. The van der Waals surface area contributed by atoms with Crippen molar-refractivity contribution in [1.82, 2.24) is 10.6 Å². The maximum absolute atomic E-state index is 4.54. The van der Waals surface area contributed by atoms with Gasteiger partial charge in [-0.05, 0) is 34.6 Å². The van der Waals surface area contributed by atoms with Crippen LogP contribution in [-0.4, -0.2) is 55.6 Å². The van der Waals surface area contributed by atoms with Crippen molar-refractivity contribution >= 4 is 0 Å². The van der Waals surface area contributed by atoms with Crippen LogP contribution >= 0.6 is 0 Å². The van der Waals surface area contributed by atoms with Crippen molar-refractivity contribution in [2.75, 3.05) is 55.6 Å². The monoisotopic (exact) mass is 240 g/mol. The van der Waals surface area contributed by atoms with E-state index in [9.17, 15) is 0 Å². The molecule has 0 aliphatic rings. The van der Waals surface area contributed by atoms with Gasteiger partial charge in [-0.3, -0.25) is 0 Å². The fourth-order valence-corrected chi connectivity index (χ4v) is 0. The van der Waals surface area contributed by atoms with Crippen molar-refractivity contribution in [2.45, 2.75) is 27.7 Å². The van der Waals surface area contributed by atoms with Gasteiger partial charge in [0.2, 0.25) is 0 Å². The first kappa shape index (κ1) is 29.7. The number of methoxy groups -OCH3 is 2. The summed E-state index contributed by atoms with van der Waals surface area (Å²) in [4.78, 5) is 0. The summed E-state index contributed by atoms with van der Waals surface area (Å²) in [7, 11) is 10.6. The van der Waals surface area contributed by atoms with E-state index in [4.69, 9.17) is 0 Å². The van der Waals surface area contributed by atoms with Gasteiger partial charge in [-0.25, -0.2) is 0 Å². The highest BCUT2D eigenvalue weighted by Crippen LogP contribution is 1.52. The Morgan fingerprint density at radius 3 is 1.00 bits per heavy atom. The molecule has 0 unspecified atom stereocenters. The molecular formula is C12H36N2O2. The highest BCUT2D eigenvalue weighted by Gasteiger charge is 1.51. The lowest BCUT2D eigenvalue weighted by Gasteiger charge is -1.76. The maximum atomic E-state index is 4.54. The molecule has 0 heterocycles. The lowest BCUT2D eigenvalue weighted by Crippen LogP contribution is -2.01. The third-order valence-corrected chi connectivity index (χ3v) is 0.642. The van der Waals surface area contributed by atoms with Crippen LogP contribution in [0.5, 0.6) is 0 Å². The molecule has 0 fully saturated rings. The number of hydrogen-bond donors (Lipinski definition) is 2. The predicted octanol–water partition coefficient (Wildman–Crippen LogP) is 2.00. The summed E-state index contributed by atoms with van der Waals surface area (Å²) in [6.45, 7) is 9.92. The van der Waals surface area contributed by atoms with Crippen LogP contribution in [0.25, 0.3) is 0 Å². The topological polar surface area (TPSA) is 42.5 Å². The minimum absolute atomic E-state index is 0.819. The molecule has 0 aromatic carbocycles.